The van der Waals surface area contributed by atoms with Crippen molar-refractivity contribution in [3.05, 3.63) is 51.8 Å². The summed E-state index contributed by atoms with van der Waals surface area (Å²) in [5, 5.41) is 18.3. The minimum Gasteiger partial charge on any atom is -0.325 e. The Balaban J connectivity index is 2.18. The zero-order chi connectivity index (χ0) is 12.3. The van der Waals surface area contributed by atoms with Crippen molar-refractivity contribution in [2.75, 3.05) is 0 Å². The Hall–Kier alpha value is -2.28. The van der Waals surface area contributed by atoms with Gasteiger partial charge in [0.05, 0.1) is 23.4 Å². The molecule has 7 heteroatoms. The second kappa shape index (κ2) is 4.71. The quantitative estimate of drug-likeness (QED) is 0.618. The van der Waals surface area contributed by atoms with Crippen LogP contribution in [0.3, 0.4) is 0 Å². The van der Waals surface area contributed by atoms with Crippen LogP contribution < -0.4 is 5.73 Å². The number of hydrogen-bond acceptors (Lipinski definition) is 5. The van der Waals surface area contributed by atoms with Crippen molar-refractivity contribution in [1.82, 2.24) is 15.0 Å². The lowest BCUT2D eigenvalue weighted by Crippen LogP contribution is -2.01. The maximum absolute atomic E-state index is 10.6. The van der Waals surface area contributed by atoms with Crippen LogP contribution >= 0.6 is 0 Å². The molecule has 0 fully saturated rings. The van der Waals surface area contributed by atoms with E-state index in [1.54, 1.807) is 23.0 Å². The van der Waals surface area contributed by atoms with Crippen LogP contribution in [-0.2, 0) is 13.1 Å². The Labute approximate surface area is 97.0 Å². The highest BCUT2D eigenvalue weighted by atomic mass is 16.6. The smallest absolute Gasteiger partial charge is 0.269 e. The van der Waals surface area contributed by atoms with Gasteiger partial charge in [0.2, 0.25) is 0 Å². The largest absolute Gasteiger partial charge is 0.325 e. The van der Waals surface area contributed by atoms with Crippen LogP contribution in [0.1, 0.15) is 11.3 Å². The summed E-state index contributed by atoms with van der Waals surface area (Å²) in [6.45, 7) is 0.767. The van der Waals surface area contributed by atoms with Crippen LogP contribution in [0.2, 0.25) is 0 Å². The molecule has 2 N–H and O–H groups in total. The summed E-state index contributed by atoms with van der Waals surface area (Å²) in [5.74, 6) is 0. The number of nitro groups is 1. The van der Waals surface area contributed by atoms with Crippen LogP contribution in [-0.4, -0.2) is 19.9 Å². The van der Waals surface area contributed by atoms with Gasteiger partial charge in [-0.15, -0.1) is 5.10 Å². The molecule has 88 valence electrons. The summed E-state index contributed by atoms with van der Waals surface area (Å²) in [6.07, 6.45) is 1.72. The van der Waals surface area contributed by atoms with Gasteiger partial charge in [-0.3, -0.25) is 10.1 Å². The van der Waals surface area contributed by atoms with E-state index in [9.17, 15) is 10.1 Å². The molecule has 1 aromatic heterocycles. The first-order valence-corrected chi connectivity index (χ1v) is 5.01. The first kappa shape index (κ1) is 11.2. The van der Waals surface area contributed by atoms with Crippen LogP contribution in [0.5, 0.6) is 0 Å². The number of rotatable bonds is 4. The second-order valence-electron chi connectivity index (χ2n) is 3.54. The van der Waals surface area contributed by atoms with Gasteiger partial charge in [-0.25, -0.2) is 4.68 Å². The lowest BCUT2D eigenvalue weighted by atomic mass is 10.2. The zero-order valence-electron chi connectivity index (χ0n) is 8.98. The van der Waals surface area contributed by atoms with Crippen LogP contribution in [0.4, 0.5) is 5.69 Å². The summed E-state index contributed by atoms with van der Waals surface area (Å²) in [7, 11) is 0. The molecule has 0 bridgehead atoms. The Kier molecular flexibility index (Phi) is 3.10. The molecule has 0 atom stereocenters. The molecule has 0 amide bonds. The van der Waals surface area contributed by atoms with E-state index in [4.69, 9.17) is 5.73 Å². The molecule has 2 rings (SSSR count). The van der Waals surface area contributed by atoms with Gasteiger partial charge in [0, 0.05) is 18.7 Å². The van der Waals surface area contributed by atoms with Gasteiger partial charge in [-0.2, -0.15) is 0 Å². The number of non-ortho nitro benzene ring substituents is 1. The number of benzene rings is 1. The number of nitro benzene ring substituents is 1. The molecular weight excluding hydrogens is 222 g/mol. The fourth-order valence-corrected chi connectivity index (χ4v) is 1.46. The van der Waals surface area contributed by atoms with Crippen LogP contribution in [0.25, 0.3) is 0 Å². The van der Waals surface area contributed by atoms with Gasteiger partial charge in [0.15, 0.2) is 0 Å². The van der Waals surface area contributed by atoms with Crippen molar-refractivity contribution in [1.29, 1.82) is 0 Å². The molecule has 0 aliphatic rings. The number of nitrogens with zero attached hydrogens (tertiary/aromatic N) is 4. The van der Waals surface area contributed by atoms with Gasteiger partial charge < -0.3 is 5.73 Å². The van der Waals surface area contributed by atoms with Gasteiger partial charge >= 0.3 is 0 Å². The van der Waals surface area contributed by atoms with Crippen molar-refractivity contribution < 1.29 is 4.92 Å². The lowest BCUT2D eigenvalue weighted by Gasteiger charge is -2.00. The first-order valence-electron chi connectivity index (χ1n) is 5.01. The fraction of sp³-hybridized carbons (Fsp3) is 0.200. The van der Waals surface area contributed by atoms with E-state index >= 15 is 0 Å². The highest BCUT2D eigenvalue weighted by molar-refractivity contribution is 5.34. The normalized spacial score (nSPS) is 10.4. The monoisotopic (exact) mass is 233 g/mol. The highest BCUT2D eigenvalue weighted by Crippen LogP contribution is 2.13. The van der Waals surface area contributed by atoms with E-state index in [1.807, 2.05) is 0 Å². The van der Waals surface area contributed by atoms with Crippen molar-refractivity contribution in [3.8, 4) is 0 Å². The molecule has 0 aliphatic carbocycles. The molecule has 2 aromatic rings. The zero-order valence-corrected chi connectivity index (χ0v) is 8.98. The predicted molar refractivity (Wildman–Crippen MR) is 60.1 cm³/mol. The van der Waals surface area contributed by atoms with E-state index in [2.05, 4.69) is 10.3 Å². The Morgan fingerprint density at radius 2 is 2.29 bits per heavy atom. The van der Waals surface area contributed by atoms with Crippen LogP contribution in [0, 0.1) is 10.1 Å². The third kappa shape index (κ3) is 2.64. The van der Waals surface area contributed by atoms with E-state index in [0.29, 0.717) is 18.8 Å². The summed E-state index contributed by atoms with van der Waals surface area (Å²) in [5.41, 5.74) is 6.98. The van der Waals surface area contributed by atoms with Crippen molar-refractivity contribution in [3.63, 3.8) is 0 Å². The SMILES string of the molecule is NCc1cn(Cc2cccc([N+](=O)[O-])c2)nn1. The minimum absolute atomic E-state index is 0.0710. The summed E-state index contributed by atoms with van der Waals surface area (Å²) in [4.78, 5) is 10.2. The molecule has 0 aliphatic heterocycles. The summed E-state index contributed by atoms with van der Waals surface area (Å²) >= 11 is 0. The number of nitrogens with two attached hydrogens (primary N) is 1. The molecule has 7 nitrogen and oxygen atoms in total. The van der Waals surface area contributed by atoms with Gasteiger partial charge in [-0.1, -0.05) is 17.3 Å². The first-order chi connectivity index (χ1) is 8.19. The minimum atomic E-state index is -0.420. The Morgan fingerprint density at radius 3 is 2.94 bits per heavy atom. The van der Waals surface area contributed by atoms with Crippen molar-refractivity contribution in [2.24, 2.45) is 5.73 Å². The van der Waals surface area contributed by atoms with E-state index in [1.165, 1.54) is 12.1 Å². The second-order valence-corrected chi connectivity index (χ2v) is 3.54. The molecule has 0 spiro atoms. The highest BCUT2D eigenvalue weighted by Gasteiger charge is 2.06. The molecule has 17 heavy (non-hydrogen) atoms. The topological polar surface area (TPSA) is 99.9 Å². The van der Waals surface area contributed by atoms with Gasteiger partial charge in [0.25, 0.3) is 5.69 Å². The predicted octanol–water partition coefficient (Wildman–Crippen LogP) is 0.693. The molecule has 0 radical (unpaired) electrons. The Bertz CT molecular complexity index is 537. The van der Waals surface area contributed by atoms with Crippen LogP contribution in [0.15, 0.2) is 30.5 Å². The average molecular weight is 233 g/mol. The number of aromatic nitrogens is 3. The fourth-order valence-electron chi connectivity index (χ4n) is 1.46. The maximum Gasteiger partial charge on any atom is 0.269 e. The summed E-state index contributed by atoms with van der Waals surface area (Å²) < 4.78 is 1.60. The standard InChI is InChI=1S/C10H11N5O2/c11-5-9-7-14(13-12-9)6-8-2-1-3-10(4-8)15(16)17/h1-4,7H,5-6,11H2. The summed E-state index contributed by atoms with van der Waals surface area (Å²) in [6, 6.07) is 6.42. The lowest BCUT2D eigenvalue weighted by molar-refractivity contribution is -0.384. The molecular formula is C10H11N5O2. The maximum atomic E-state index is 10.6. The molecule has 0 saturated heterocycles. The molecule has 1 aromatic carbocycles. The van der Waals surface area contributed by atoms with Gasteiger partial charge in [0.1, 0.15) is 0 Å². The number of hydrogen-bond donors (Lipinski definition) is 1. The van der Waals surface area contributed by atoms with E-state index in [0.717, 1.165) is 5.56 Å². The third-order valence-corrected chi connectivity index (χ3v) is 2.26. The molecule has 0 unspecified atom stereocenters. The Morgan fingerprint density at radius 1 is 1.47 bits per heavy atom. The molecule has 1 heterocycles. The third-order valence-electron chi connectivity index (χ3n) is 2.26. The average Bonchev–Trinajstić information content (AvgIpc) is 2.77. The van der Waals surface area contributed by atoms with Gasteiger partial charge in [-0.05, 0) is 5.56 Å². The van der Waals surface area contributed by atoms with Crippen molar-refractivity contribution >= 4 is 5.69 Å². The van der Waals surface area contributed by atoms with Crippen molar-refractivity contribution in [2.45, 2.75) is 13.1 Å². The molecule has 0 saturated carbocycles. The van der Waals surface area contributed by atoms with E-state index in [-0.39, 0.29) is 5.69 Å². The van der Waals surface area contributed by atoms with E-state index < -0.39 is 4.92 Å².